The molecular weight excluding hydrogens is 391 g/mol. The lowest BCUT2D eigenvalue weighted by Crippen LogP contribution is -2.27. The minimum Gasteiger partial charge on any atom is -0.493 e. The molecule has 1 aliphatic rings. The number of amides is 1. The Morgan fingerprint density at radius 2 is 1.87 bits per heavy atom. The van der Waals surface area contributed by atoms with Gasteiger partial charge in [0.15, 0.2) is 11.5 Å². The molecule has 0 spiro atoms. The quantitative estimate of drug-likeness (QED) is 0.710. The normalized spacial score (nSPS) is 15.6. The van der Waals surface area contributed by atoms with Crippen LogP contribution >= 0.6 is 0 Å². The van der Waals surface area contributed by atoms with Crippen molar-refractivity contribution in [2.75, 3.05) is 14.2 Å². The van der Waals surface area contributed by atoms with Crippen molar-refractivity contribution in [1.29, 1.82) is 0 Å². The maximum atomic E-state index is 14.5. The first-order valence-electron chi connectivity index (χ1n) is 9.52. The summed E-state index contributed by atoms with van der Waals surface area (Å²) in [5.41, 5.74) is 1.70. The molecule has 158 valence electrons. The predicted molar refractivity (Wildman–Crippen MR) is 108 cm³/mol. The summed E-state index contributed by atoms with van der Waals surface area (Å²) in [6, 6.07) is 11.0. The van der Waals surface area contributed by atoms with E-state index in [0.717, 1.165) is 5.56 Å². The molecule has 1 aliphatic heterocycles. The van der Waals surface area contributed by atoms with E-state index in [4.69, 9.17) is 14.6 Å². The van der Waals surface area contributed by atoms with Crippen molar-refractivity contribution in [1.82, 2.24) is 5.01 Å². The van der Waals surface area contributed by atoms with Crippen LogP contribution in [0.15, 0.2) is 47.6 Å². The molecule has 0 aromatic heterocycles. The summed E-state index contributed by atoms with van der Waals surface area (Å²) in [6.45, 7) is 0. The smallest absolute Gasteiger partial charge is 0.303 e. The van der Waals surface area contributed by atoms with Crippen molar-refractivity contribution in [3.05, 3.63) is 59.4 Å². The first-order chi connectivity index (χ1) is 14.4. The van der Waals surface area contributed by atoms with Gasteiger partial charge in [-0.3, -0.25) is 9.59 Å². The van der Waals surface area contributed by atoms with Gasteiger partial charge in [0.05, 0.1) is 26.0 Å². The Kier molecular flexibility index (Phi) is 6.66. The third-order valence-corrected chi connectivity index (χ3v) is 4.93. The van der Waals surface area contributed by atoms with Crippen molar-refractivity contribution in [3.63, 3.8) is 0 Å². The molecule has 2 aromatic rings. The van der Waals surface area contributed by atoms with Crippen LogP contribution in [0, 0.1) is 5.82 Å². The van der Waals surface area contributed by atoms with Crippen LogP contribution < -0.4 is 9.47 Å². The van der Waals surface area contributed by atoms with E-state index < -0.39 is 17.8 Å². The molecule has 7 nitrogen and oxygen atoms in total. The summed E-state index contributed by atoms with van der Waals surface area (Å²) in [5, 5.41) is 14.6. The monoisotopic (exact) mass is 414 g/mol. The third-order valence-electron chi connectivity index (χ3n) is 4.93. The van der Waals surface area contributed by atoms with Gasteiger partial charge in [-0.05, 0) is 30.7 Å². The zero-order valence-corrected chi connectivity index (χ0v) is 16.8. The van der Waals surface area contributed by atoms with Gasteiger partial charge in [0.1, 0.15) is 5.82 Å². The summed E-state index contributed by atoms with van der Waals surface area (Å²) in [5.74, 6) is -0.655. The number of methoxy groups -OCH3 is 2. The van der Waals surface area contributed by atoms with Crippen molar-refractivity contribution < 1.29 is 28.6 Å². The number of carboxylic acids is 1. The Hall–Kier alpha value is -3.42. The standard InChI is InChI=1S/C22H23FN2O5/c1-29-19-11-10-14(12-20(19)30-2)17-13-18(15-6-3-4-7-16(15)23)25(24-17)21(26)8-5-9-22(27)28/h3-4,6-7,10-12,18H,5,8-9,13H2,1-2H3,(H,27,28)/t18-/m0/s1. The molecule has 1 N–H and O–H groups in total. The molecule has 1 atom stereocenters. The molecule has 1 amide bonds. The minimum absolute atomic E-state index is 0.0139. The number of aliphatic carboxylic acids is 1. The minimum atomic E-state index is -0.968. The molecule has 2 aromatic carbocycles. The van der Waals surface area contributed by atoms with E-state index >= 15 is 0 Å². The summed E-state index contributed by atoms with van der Waals surface area (Å²) in [7, 11) is 3.06. The fourth-order valence-electron chi connectivity index (χ4n) is 3.42. The number of hydrazone groups is 1. The van der Waals surface area contributed by atoms with Crippen molar-refractivity contribution in [2.24, 2.45) is 5.10 Å². The van der Waals surface area contributed by atoms with Gasteiger partial charge in [-0.25, -0.2) is 9.40 Å². The maximum absolute atomic E-state index is 14.5. The van der Waals surface area contributed by atoms with E-state index in [-0.39, 0.29) is 25.2 Å². The number of ether oxygens (including phenoxy) is 2. The van der Waals surface area contributed by atoms with E-state index in [0.29, 0.717) is 29.2 Å². The Labute approximate surface area is 173 Å². The SMILES string of the molecule is COc1ccc(C2=NN(C(=O)CCCC(=O)O)[C@H](c3ccccc3F)C2)cc1OC. The molecule has 8 heteroatoms. The number of nitrogens with zero attached hydrogens (tertiary/aromatic N) is 2. The Balaban J connectivity index is 1.92. The van der Waals surface area contributed by atoms with Crippen molar-refractivity contribution in [2.45, 2.75) is 31.7 Å². The molecular formula is C22H23FN2O5. The molecule has 1 heterocycles. The number of hydrogen-bond donors (Lipinski definition) is 1. The van der Waals surface area contributed by atoms with E-state index in [2.05, 4.69) is 5.10 Å². The average Bonchev–Trinajstić information content (AvgIpc) is 3.18. The lowest BCUT2D eigenvalue weighted by Gasteiger charge is -2.22. The lowest BCUT2D eigenvalue weighted by molar-refractivity contribution is -0.137. The highest BCUT2D eigenvalue weighted by atomic mass is 19.1. The Bertz CT molecular complexity index is 976. The number of carbonyl (C=O) groups is 2. The van der Waals surface area contributed by atoms with E-state index in [1.807, 2.05) is 0 Å². The second-order valence-corrected chi connectivity index (χ2v) is 6.84. The van der Waals surface area contributed by atoms with Gasteiger partial charge in [-0.15, -0.1) is 0 Å². The van der Waals surface area contributed by atoms with Gasteiger partial charge in [0.25, 0.3) is 0 Å². The van der Waals surface area contributed by atoms with E-state index in [1.165, 1.54) is 25.3 Å². The van der Waals surface area contributed by atoms with Gasteiger partial charge >= 0.3 is 5.97 Å². The molecule has 3 rings (SSSR count). The van der Waals surface area contributed by atoms with Gasteiger partial charge in [0, 0.05) is 30.4 Å². The largest absolute Gasteiger partial charge is 0.493 e. The zero-order valence-electron chi connectivity index (χ0n) is 16.8. The fourth-order valence-corrected chi connectivity index (χ4v) is 3.42. The molecule has 0 fully saturated rings. The molecule has 0 aliphatic carbocycles. The predicted octanol–water partition coefficient (Wildman–Crippen LogP) is 3.78. The first kappa shape index (κ1) is 21.3. The second-order valence-electron chi connectivity index (χ2n) is 6.84. The highest BCUT2D eigenvalue weighted by Gasteiger charge is 2.34. The Morgan fingerprint density at radius 1 is 1.13 bits per heavy atom. The number of carbonyl (C=O) groups excluding carboxylic acids is 1. The van der Waals surface area contributed by atoms with Crippen LogP contribution in [0.4, 0.5) is 4.39 Å². The maximum Gasteiger partial charge on any atom is 0.303 e. The second kappa shape index (κ2) is 9.39. The van der Waals surface area contributed by atoms with Crippen LogP contribution in [-0.2, 0) is 9.59 Å². The molecule has 0 bridgehead atoms. The summed E-state index contributed by atoms with van der Waals surface area (Å²) in [4.78, 5) is 23.5. The van der Waals surface area contributed by atoms with Crippen LogP contribution in [0.25, 0.3) is 0 Å². The summed E-state index contributed by atoms with van der Waals surface area (Å²) >= 11 is 0. The number of halogens is 1. The van der Waals surface area contributed by atoms with Gasteiger partial charge < -0.3 is 14.6 Å². The summed E-state index contributed by atoms with van der Waals surface area (Å²) in [6.07, 6.45) is 0.410. The first-order valence-corrected chi connectivity index (χ1v) is 9.52. The number of rotatable bonds is 8. The van der Waals surface area contributed by atoms with E-state index in [1.54, 1.807) is 36.4 Å². The van der Waals surface area contributed by atoms with Crippen LogP contribution in [0.5, 0.6) is 11.5 Å². The topological polar surface area (TPSA) is 88.4 Å². The fraction of sp³-hybridized carbons (Fsp3) is 0.318. The zero-order chi connectivity index (χ0) is 21.7. The molecule has 30 heavy (non-hydrogen) atoms. The highest BCUT2D eigenvalue weighted by Crippen LogP contribution is 2.36. The van der Waals surface area contributed by atoms with Crippen LogP contribution in [0.2, 0.25) is 0 Å². The number of hydrogen-bond acceptors (Lipinski definition) is 5. The number of benzene rings is 2. The van der Waals surface area contributed by atoms with Gasteiger partial charge in [-0.2, -0.15) is 5.10 Å². The molecule has 0 unspecified atom stereocenters. The number of carboxylic acid groups (broad SMARTS) is 1. The lowest BCUT2D eigenvalue weighted by atomic mass is 9.97. The molecule has 0 saturated carbocycles. The van der Waals surface area contributed by atoms with Crippen LogP contribution in [0.3, 0.4) is 0 Å². The molecule has 0 saturated heterocycles. The van der Waals surface area contributed by atoms with E-state index in [9.17, 15) is 14.0 Å². The highest BCUT2D eigenvalue weighted by molar-refractivity contribution is 6.03. The van der Waals surface area contributed by atoms with Gasteiger partial charge in [-0.1, -0.05) is 18.2 Å². The Morgan fingerprint density at radius 3 is 2.53 bits per heavy atom. The van der Waals surface area contributed by atoms with Gasteiger partial charge in [0.2, 0.25) is 5.91 Å². The van der Waals surface area contributed by atoms with Crippen LogP contribution in [0.1, 0.15) is 42.9 Å². The molecule has 0 radical (unpaired) electrons. The average molecular weight is 414 g/mol. The van der Waals surface area contributed by atoms with Crippen molar-refractivity contribution in [3.8, 4) is 11.5 Å². The van der Waals surface area contributed by atoms with Crippen molar-refractivity contribution >= 4 is 17.6 Å². The summed E-state index contributed by atoms with van der Waals surface area (Å²) < 4.78 is 25.1. The van der Waals surface area contributed by atoms with Crippen LogP contribution in [-0.4, -0.2) is 41.9 Å². The third kappa shape index (κ3) is 4.59.